The van der Waals surface area contributed by atoms with Crippen LogP contribution in [0.3, 0.4) is 0 Å². The summed E-state index contributed by atoms with van der Waals surface area (Å²) < 4.78 is 5.30. The molecule has 0 bridgehead atoms. The van der Waals surface area contributed by atoms with E-state index in [9.17, 15) is 9.59 Å². The second kappa shape index (κ2) is 4.83. The first kappa shape index (κ1) is 12.3. The van der Waals surface area contributed by atoms with Crippen molar-refractivity contribution in [1.82, 2.24) is 4.90 Å². The number of furan rings is 1. The predicted molar refractivity (Wildman–Crippen MR) is 56.7 cm³/mol. The van der Waals surface area contributed by atoms with Gasteiger partial charge < -0.3 is 14.4 Å². The van der Waals surface area contributed by atoms with Crippen molar-refractivity contribution >= 4 is 11.9 Å². The minimum Gasteiger partial charge on any atom is -0.481 e. The minimum atomic E-state index is -1.12. The van der Waals surface area contributed by atoms with Gasteiger partial charge in [0.25, 0.3) is 0 Å². The molecular formula is C11H15NO4. The Morgan fingerprint density at radius 1 is 1.50 bits per heavy atom. The van der Waals surface area contributed by atoms with Gasteiger partial charge in [0.1, 0.15) is 17.4 Å². The van der Waals surface area contributed by atoms with Crippen LogP contribution in [0.2, 0.25) is 0 Å². The molecule has 0 saturated carbocycles. The fraction of sp³-hybridized carbons (Fsp3) is 0.455. The molecule has 1 aromatic heterocycles. The highest BCUT2D eigenvalue weighted by atomic mass is 16.4. The van der Waals surface area contributed by atoms with E-state index in [2.05, 4.69) is 0 Å². The second-order valence-corrected chi connectivity index (χ2v) is 3.77. The van der Waals surface area contributed by atoms with Crippen LogP contribution in [0, 0.1) is 12.8 Å². The van der Waals surface area contributed by atoms with Gasteiger partial charge in [-0.15, -0.1) is 0 Å². The molecule has 0 radical (unpaired) electrons. The molecule has 1 amide bonds. The van der Waals surface area contributed by atoms with Crippen LogP contribution >= 0.6 is 0 Å². The van der Waals surface area contributed by atoms with E-state index in [1.165, 1.54) is 11.8 Å². The first-order valence-corrected chi connectivity index (χ1v) is 4.95. The molecule has 0 aromatic carbocycles. The van der Waals surface area contributed by atoms with Gasteiger partial charge in [-0.25, -0.2) is 0 Å². The third-order valence-corrected chi connectivity index (χ3v) is 2.31. The highest BCUT2D eigenvalue weighted by molar-refractivity contribution is 5.96. The third kappa shape index (κ3) is 2.85. The Balaban J connectivity index is 2.62. The molecule has 0 saturated heterocycles. The molecule has 1 unspecified atom stereocenters. The molecular weight excluding hydrogens is 210 g/mol. The lowest BCUT2D eigenvalue weighted by Crippen LogP contribution is -2.34. The van der Waals surface area contributed by atoms with Gasteiger partial charge in [0, 0.05) is 7.05 Å². The average Bonchev–Trinajstić information content (AvgIpc) is 2.61. The summed E-state index contributed by atoms with van der Waals surface area (Å²) in [4.78, 5) is 23.6. The van der Waals surface area contributed by atoms with Gasteiger partial charge in [-0.05, 0) is 26.0 Å². The number of nitrogens with zero attached hydrogens (tertiary/aromatic N) is 1. The molecule has 0 spiro atoms. The molecule has 5 nitrogen and oxygen atoms in total. The summed E-state index contributed by atoms with van der Waals surface area (Å²) in [5.74, 6) is -1.16. The molecule has 88 valence electrons. The normalized spacial score (nSPS) is 12.2. The van der Waals surface area contributed by atoms with Crippen LogP contribution in [0.25, 0.3) is 0 Å². The average molecular weight is 225 g/mol. The van der Waals surface area contributed by atoms with Crippen molar-refractivity contribution in [2.45, 2.75) is 20.4 Å². The molecule has 1 heterocycles. The number of carbonyl (C=O) groups is 2. The van der Waals surface area contributed by atoms with E-state index in [0.29, 0.717) is 5.76 Å². The summed E-state index contributed by atoms with van der Waals surface area (Å²) in [6.07, 6.45) is 0. The molecule has 0 fully saturated rings. The number of amides is 1. The molecule has 5 heteroatoms. The molecule has 0 aliphatic carbocycles. The van der Waals surface area contributed by atoms with E-state index < -0.39 is 17.8 Å². The van der Waals surface area contributed by atoms with Crippen LogP contribution in [-0.2, 0) is 16.1 Å². The summed E-state index contributed by atoms with van der Waals surface area (Å²) in [5.41, 5.74) is 0. The van der Waals surface area contributed by atoms with Crippen LogP contribution in [-0.4, -0.2) is 28.9 Å². The first-order chi connectivity index (χ1) is 7.41. The Hall–Kier alpha value is -1.78. The molecule has 0 aliphatic heterocycles. The summed E-state index contributed by atoms with van der Waals surface area (Å²) in [6, 6.07) is 3.57. The minimum absolute atomic E-state index is 0.282. The largest absolute Gasteiger partial charge is 0.481 e. The van der Waals surface area contributed by atoms with Crippen molar-refractivity contribution in [3.63, 3.8) is 0 Å². The number of carboxylic acid groups (broad SMARTS) is 1. The maximum atomic E-state index is 11.6. The lowest BCUT2D eigenvalue weighted by atomic mass is 10.1. The van der Waals surface area contributed by atoms with Gasteiger partial charge in [-0.3, -0.25) is 9.59 Å². The van der Waals surface area contributed by atoms with E-state index in [1.807, 2.05) is 6.92 Å². The van der Waals surface area contributed by atoms with E-state index >= 15 is 0 Å². The van der Waals surface area contributed by atoms with Gasteiger partial charge in [-0.1, -0.05) is 0 Å². The van der Waals surface area contributed by atoms with Crippen LogP contribution in [0.4, 0.5) is 0 Å². The Morgan fingerprint density at radius 2 is 2.12 bits per heavy atom. The van der Waals surface area contributed by atoms with E-state index in [-0.39, 0.29) is 6.54 Å². The SMILES string of the molecule is Cc1ccc(CN(C)C(=O)C(C)C(=O)O)o1. The molecule has 1 rings (SSSR count). The fourth-order valence-electron chi connectivity index (χ4n) is 1.32. The number of rotatable bonds is 4. The van der Waals surface area contributed by atoms with Gasteiger partial charge in [0.15, 0.2) is 0 Å². The number of aryl methyl sites for hydroxylation is 1. The van der Waals surface area contributed by atoms with Crippen LogP contribution in [0.5, 0.6) is 0 Å². The second-order valence-electron chi connectivity index (χ2n) is 3.77. The fourth-order valence-corrected chi connectivity index (χ4v) is 1.32. The van der Waals surface area contributed by atoms with E-state index in [0.717, 1.165) is 5.76 Å². The predicted octanol–water partition coefficient (Wildman–Crippen LogP) is 1.27. The van der Waals surface area contributed by atoms with Gasteiger partial charge in [-0.2, -0.15) is 0 Å². The van der Waals surface area contributed by atoms with Crippen molar-refractivity contribution in [1.29, 1.82) is 0 Å². The van der Waals surface area contributed by atoms with Crippen LogP contribution in [0.15, 0.2) is 16.5 Å². The van der Waals surface area contributed by atoms with E-state index in [1.54, 1.807) is 19.2 Å². The zero-order valence-corrected chi connectivity index (χ0v) is 9.56. The third-order valence-electron chi connectivity index (χ3n) is 2.31. The Morgan fingerprint density at radius 3 is 2.56 bits per heavy atom. The summed E-state index contributed by atoms with van der Waals surface area (Å²) >= 11 is 0. The lowest BCUT2D eigenvalue weighted by molar-refractivity contribution is -0.150. The van der Waals surface area contributed by atoms with Gasteiger partial charge >= 0.3 is 5.97 Å². The zero-order valence-electron chi connectivity index (χ0n) is 9.56. The monoisotopic (exact) mass is 225 g/mol. The van der Waals surface area contributed by atoms with Crippen molar-refractivity contribution in [2.75, 3.05) is 7.05 Å². The van der Waals surface area contributed by atoms with Crippen LogP contribution < -0.4 is 0 Å². The number of hydrogen-bond donors (Lipinski definition) is 1. The van der Waals surface area contributed by atoms with Gasteiger partial charge in [0.05, 0.1) is 6.54 Å². The first-order valence-electron chi connectivity index (χ1n) is 4.95. The topological polar surface area (TPSA) is 70.8 Å². The summed E-state index contributed by atoms with van der Waals surface area (Å²) in [5, 5.41) is 8.70. The lowest BCUT2D eigenvalue weighted by Gasteiger charge is -2.17. The maximum Gasteiger partial charge on any atom is 0.315 e. The zero-order chi connectivity index (χ0) is 12.3. The molecule has 1 N–H and O–H groups in total. The number of hydrogen-bond acceptors (Lipinski definition) is 3. The highest BCUT2D eigenvalue weighted by Crippen LogP contribution is 2.10. The summed E-state index contributed by atoms with van der Waals surface area (Å²) in [6.45, 7) is 3.46. The molecule has 16 heavy (non-hydrogen) atoms. The summed E-state index contributed by atoms with van der Waals surface area (Å²) in [7, 11) is 1.56. The van der Waals surface area contributed by atoms with E-state index in [4.69, 9.17) is 9.52 Å². The van der Waals surface area contributed by atoms with Crippen molar-refractivity contribution in [3.8, 4) is 0 Å². The maximum absolute atomic E-state index is 11.6. The number of carbonyl (C=O) groups excluding carboxylic acids is 1. The standard InChI is InChI=1S/C11H15NO4/c1-7-4-5-9(16-7)6-12(3)10(13)8(2)11(14)15/h4-5,8H,6H2,1-3H3,(H,14,15). The molecule has 0 aliphatic rings. The Kier molecular flexibility index (Phi) is 3.71. The highest BCUT2D eigenvalue weighted by Gasteiger charge is 2.24. The molecule has 1 aromatic rings. The number of aliphatic carboxylic acids is 1. The quantitative estimate of drug-likeness (QED) is 0.783. The van der Waals surface area contributed by atoms with Crippen molar-refractivity contribution in [2.24, 2.45) is 5.92 Å². The number of carboxylic acids is 1. The van der Waals surface area contributed by atoms with Gasteiger partial charge in [0.2, 0.25) is 5.91 Å². The van der Waals surface area contributed by atoms with Crippen molar-refractivity contribution in [3.05, 3.63) is 23.7 Å². The molecule has 1 atom stereocenters. The van der Waals surface area contributed by atoms with Crippen molar-refractivity contribution < 1.29 is 19.1 Å². The Labute approximate surface area is 93.7 Å². The van der Waals surface area contributed by atoms with Crippen LogP contribution in [0.1, 0.15) is 18.4 Å². The Bertz CT molecular complexity index is 396. The smallest absolute Gasteiger partial charge is 0.315 e.